The number of ether oxygens (including phenoxy) is 1. The molecule has 0 aliphatic rings. The summed E-state index contributed by atoms with van der Waals surface area (Å²) in [5.41, 5.74) is 0.804. The van der Waals surface area contributed by atoms with Crippen molar-refractivity contribution in [2.45, 2.75) is 0 Å². The monoisotopic (exact) mass is 203 g/mol. The second-order valence-corrected chi connectivity index (χ2v) is 3.02. The summed E-state index contributed by atoms with van der Waals surface area (Å²) < 4.78 is 5.11. The van der Waals surface area contributed by atoms with Crippen LogP contribution in [0.1, 0.15) is 10.4 Å². The van der Waals surface area contributed by atoms with E-state index in [0.717, 1.165) is 0 Å². The van der Waals surface area contributed by atoms with Crippen LogP contribution in [0.2, 0.25) is 0 Å². The molecule has 0 saturated heterocycles. The standard InChI is InChI=1S/C11H9NO3/c1-15-9-4-2-3-7-8(11(13)14)5-6-12-10(7)9/h2-6H,1H3,(H,13,14). The fourth-order valence-corrected chi connectivity index (χ4v) is 1.50. The quantitative estimate of drug-likeness (QED) is 0.810. The zero-order valence-corrected chi connectivity index (χ0v) is 8.10. The number of hydrogen-bond donors (Lipinski definition) is 1. The maximum absolute atomic E-state index is 10.9. The van der Waals surface area contributed by atoms with E-state index >= 15 is 0 Å². The number of methoxy groups -OCH3 is 1. The molecule has 2 rings (SSSR count). The van der Waals surface area contributed by atoms with Crippen LogP contribution in [0.15, 0.2) is 30.5 Å². The van der Waals surface area contributed by atoms with E-state index in [-0.39, 0.29) is 5.56 Å². The number of nitrogens with zero attached hydrogens (tertiary/aromatic N) is 1. The highest BCUT2D eigenvalue weighted by Crippen LogP contribution is 2.25. The lowest BCUT2D eigenvalue weighted by Crippen LogP contribution is -1.99. The van der Waals surface area contributed by atoms with Crippen LogP contribution in [0.4, 0.5) is 0 Å². The first-order valence-corrected chi connectivity index (χ1v) is 4.39. The SMILES string of the molecule is COc1cccc2c(C(=O)O)ccnc12. The van der Waals surface area contributed by atoms with Gasteiger partial charge in [0.2, 0.25) is 0 Å². The molecule has 15 heavy (non-hydrogen) atoms. The first kappa shape index (κ1) is 9.45. The number of fused-ring (bicyclic) bond motifs is 1. The van der Waals surface area contributed by atoms with E-state index in [4.69, 9.17) is 9.84 Å². The Morgan fingerprint density at radius 3 is 2.87 bits per heavy atom. The first-order valence-electron chi connectivity index (χ1n) is 4.39. The second kappa shape index (κ2) is 3.57. The van der Waals surface area contributed by atoms with Gasteiger partial charge in [0.05, 0.1) is 12.7 Å². The summed E-state index contributed by atoms with van der Waals surface area (Å²) in [4.78, 5) is 15.1. The molecule has 76 valence electrons. The number of hydrogen-bond acceptors (Lipinski definition) is 3. The summed E-state index contributed by atoms with van der Waals surface area (Å²) in [5.74, 6) is -0.383. The molecule has 0 fully saturated rings. The summed E-state index contributed by atoms with van der Waals surface area (Å²) in [6.07, 6.45) is 1.47. The Hall–Kier alpha value is -2.10. The molecular formula is C11H9NO3. The topological polar surface area (TPSA) is 59.4 Å². The van der Waals surface area contributed by atoms with Gasteiger partial charge in [0.15, 0.2) is 0 Å². The van der Waals surface area contributed by atoms with E-state index in [0.29, 0.717) is 16.7 Å². The molecule has 1 aromatic carbocycles. The van der Waals surface area contributed by atoms with E-state index in [9.17, 15) is 4.79 Å². The van der Waals surface area contributed by atoms with Crippen LogP contribution in [0.5, 0.6) is 5.75 Å². The molecule has 0 aliphatic carbocycles. The highest BCUT2D eigenvalue weighted by molar-refractivity contribution is 6.03. The van der Waals surface area contributed by atoms with E-state index < -0.39 is 5.97 Å². The minimum Gasteiger partial charge on any atom is -0.494 e. The predicted molar refractivity (Wildman–Crippen MR) is 55.3 cm³/mol. The van der Waals surface area contributed by atoms with Gasteiger partial charge in [0.1, 0.15) is 11.3 Å². The highest BCUT2D eigenvalue weighted by Gasteiger charge is 2.10. The average molecular weight is 203 g/mol. The van der Waals surface area contributed by atoms with Crippen molar-refractivity contribution >= 4 is 16.9 Å². The highest BCUT2D eigenvalue weighted by atomic mass is 16.5. The van der Waals surface area contributed by atoms with Gasteiger partial charge in [-0.1, -0.05) is 12.1 Å². The molecule has 1 heterocycles. The van der Waals surface area contributed by atoms with Gasteiger partial charge in [0.25, 0.3) is 0 Å². The number of carboxylic acid groups (broad SMARTS) is 1. The van der Waals surface area contributed by atoms with Crippen molar-refractivity contribution in [3.63, 3.8) is 0 Å². The Labute approximate surface area is 86.1 Å². The molecule has 1 N–H and O–H groups in total. The Balaban J connectivity index is 2.82. The summed E-state index contributed by atoms with van der Waals surface area (Å²) in [7, 11) is 1.53. The Morgan fingerprint density at radius 1 is 1.40 bits per heavy atom. The fourth-order valence-electron chi connectivity index (χ4n) is 1.50. The van der Waals surface area contributed by atoms with Crippen LogP contribution in [-0.4, -0.2) is 23.2 Å². The lowest BCUT2D eigenvalue weighted by molar-refractivity contribution is 0.0699. The molecule has 0 unspecified atom stereocenters. The molecule has 0 spiro atoms. The Kier molecular flexibility index (Phi) is 2.25. The molecule has 0 saturated carbocycles. The molecule has 2 aromatic rings. The summed E-state index contributed by atoms with van der Waals surface area (Å²) in [6.45, 7) is 0. The minimum atomic E-state index is -0.962. The zero-order chi connectivity index (χ0) is 10.8. The van der Waals surface area contributed by atoms with Crippen LogP contribution in [-0.2, 0) is 0 Å². The second-order valence-electron chi connectivity index (χ2n) is 3.02. The van der Waals surface area contributed by atoms with Gasteiger partial charge in [0, 0.05) is 11.6 Å². The number of aromatic nitrogens is 1. The normalized spacial score (nSPS) is 10.2. The lowest BCUT2D eigenvalue weighted by atomic mass is 10.1. The zero-order valence-electron chi connectivity index (χ0n) is 8.10. The van der Waals surface area contributed by atoms with Gasteiger partial charge in [-0.05, 0) is 12.1 Å². The third-order valence-corrected chi connectivity index (χ3v) is 2.18. The van der Waals surface area contributed by atoms with E-state index in [1.54, 1.807) is 18.2 Å². The number of para-hydroxylation sites is 1. The number of carbonyl (C=O) groups is 1. The first-order chi connectivity index (χ1) is 7.24. The van der Waals surface area contributed by atoms with Gasteiger partial charge in [-0.2, -0.15) is 0 Å². The molecule has 4 nitrogen and oxygen atoms in total. The number of benzene rings is 1. The smallest absolute Gasteiger partial charge is 0.336 e. The number of aromatic carboxylic acids is 1. The van der Waals surface area contributed by atoms with Gasteiger partial charge in [-0.25, -0.2) is 4.79 Å². The maximum atomic E-state index is 10.9. The van der Waals surface area contributed by atoms with Crippen molar-refractivity contribution in [2.75, 3.05) is 7.11 Å². The third kappa shape index (κ3) is 1.50. The number of rotatable bonds is 2. The Bertz CT molecular complexity index is 522. The summed E-state index contributed by atoms with van der Waals surface area (Å²) >= 11 is 0. The van der Waals surface area contributed by atoms with Gasteiger partial charge < -0.3 is 9.84 Å². The molecule has 4 heteroatoms. The average Bonchev–Trinajstić information content (AvgIpc) is 2.27. The van der Waals surface area contributed by atoms with Crippen LogP contribution in [0, 0.1) is 0 Å². The van der Waals surface area contributed by atoms with Crippen LogP contribution in [0.3, 0.4) is 0 Å². The van der Waals surface area contributed by atoms with Gasteiger partial charge in [-0.15, -0.1) is 0 Å². The largest absolute Gasteiger partial charge is 0.494 e. The van der Waals surface area contributed by atoms with Crippen LogP contribution in [0.25, 0.3) is 10.9 Å². The molecule has 0 aliphatic heterocycles. The van der Waals surface area contributed by atoms with Crippen molar-refractivity contribution in [1.82, 2.24) is 4.98 Å². The summed E-state index contributed by atoms with van der Waals surface area (Å²) in [5, 5.41) is 9.57. The summed E-state index contributed by atoms with van der Waals surface area (Å²) in [6, 6.07) is 6.69. The number of carboxylic acids is 1. The van der Waals surface area contributed by atoms with Crippen molar-refractivity contribution in [3.05, 3.63) is 36.0 Å². The maximum Gasteiger partial charge on any atom is 0.336 e. The molecule has 0 radical (unpaired) electrons. The molecule has 0 bridgehead atoms. The number of pyridine rings is 1. The molecular weight excluding hydrogens is 194 g/mol. The molecule has 0 amide bonds. The van der Waals surface area contributed by atoms with Crippen molar-refractivity contribution < 1.29 is 14.6 Å². The lowest BCUT2D eigenvalue weighted by Gasteiger charge is -2.05. The van der Waals surface area contributed by atoms with E-state index in [2.05, 4.69) is 4.98 Å². The fraction of sp³-hybridized carbons (Fsp3) is 0.0909. The van der Waals surface area contributed by atoms with Crippen molar-refractivity contribution in [3.8, 4) is 5.75 Å². The molecule has 0 atom stereocenters. The van der Waals surface area contributed by atoms with Gasteiger partial charge in [-0.3, -0.25) is 4.98 Å². The van der Waals surface area contributed by atoms with Crippen LogP contribution < -0.4 is 4.74 Å². The Morgan fingerprint density at radius 2 is 2.20 bits per heavy atom. The van der Waals surface area contributed by atoms with Crippen molar-refractivity contribution in [1.29, 1.82) is 0 Å². The van der Waals surface area contributed by atoms with E-state index in [1.165, 1.54) is 19.4 Å². The molecule has 1 aromatic heterocycles. The predicted octanol–water partition coefficient (Wildman–Crippen LogP) is 1.94. The minimum absolute atomic E-state index is 0.235. The van der Waals surface area contributed by atoms with Gasteiger partial charge >= 0.3 is 5.97 Å². The van der Waals surface area contributed by atoms with Crippen molar-refractivity contribution in [2.24, 2.45) is 0 Å². The van der Waals surface area contributed by atoms with E-state index in [1.807, 2.05) is 0 Å². The third-order valence-electron chi connectivity index (χ3n) is 2.18. The van der Waals surface area contributed by atoms with Crippen LogP contribution >= 0.6 is 0 Å².